The van der Waals surface area contributed by atoms with Gasteiger partial charge in [0.05, 0.1) is 6.04 Å². The number of halogens is 1. The monoisotopic (exact) mass is 265 g/mol. The Morgan fingerprint density at radius 1 is 1.33 bits per heavy atom. The number of nitrogens with zero attached hydrogens (tertiary/aromatic N) is 2. The Hall–Kier alpha value is -1.13. The number of hydrogen-bond donors (Lipinski definition) is 1. The third-order valence-electron chi connectivity index (χ3n) is 2.33. The molecular formula is C11H12BrN3. The average Bonchev–Trinajstić information content (AvgIpc) is 2.75. The number of benzene rings is 1. The van der Waals surface area contributed by atoms with E-state index in [0.717, 1.165) is 10.0 Å². The molecule has 0 radical (unpaired) electrons. The minimum Gasteiger partial charge on any atom is -0.328 e. The topological polar surface area (TPSA) is 43.8 Å². The Balaban J connectivity index is 2.40. The summed E-state index contributed by atoms with van der Waals surface area (Å²) in [6, 6.07) is 10.1. The van der Waals surface area contributed by atoms with Crippen LogP contribution in [0.15, 0.2) is 47.2 Å². The van der Waals surface area contributed by atoms with Gasteiger partial charge in [0.1, 0.15) is 0 Å². The van der Waals surface area contributed by atoms with Gasteiger partial charge in [0.25, 0.3) is 0 Å². The minimum atomic E-state index is 0.0931. The summed E-state index contributed by atoms with van der Waals surface area (Å²) in [5, 5.41) is 4.22. The van der Waals surface area contributed by atoms with E-state index >= 15 is 0 Å². The second kappa shape index (κ2) is 4.59. The van der Waals surface area contributed by atoms with Crippen molar-refractivity contribution in [2.75, 3.05) is 6.54 Å². The van der Waals surface area contributed by atoms with Gasteiger partial charge in [-0.05, 0) is 17.7 Å². The molecule has 1 aromatic carbocycles. The highest BCUT2D eigenvalue weighted by atomic mass is 79.9. The van der Waals surface area contributed by atoms with Gasteiger partial charge in [0.15, 0.2) is 0 Å². The molecule has 0 fully saturated rings. The van der Waals surface area contributed by atoms with Gasteiger partial charge in [-0.15, -0.1) is 0 Å². The molecule has 78 valence electrons. The van der Waals surface area contributed by atoms with Gasteiger partial charge in [-0.25, -0.2) is 0 Å². The molecule has 0 aliphatic heterocycles. The van der Waals surface area contributed by atoms with E-state index in [4.69, 9.17) is 5.73 Å². The summed E-state index contributed by atoms with van der Waals surface area (Å²) >= 11 is 3.53. The Labute approximate surface area is 97.0 Å². The second-order valence-electron chi connectivity index (χ2n) is 3.26. The lowest BCUT2D eigenvalue weighted by molar-refractivity contribution is 0.530. The maximum absolute atomic E-state index is 5.78. The fraction of sp³-hybridized carbons (Fsp3) is 0.182. The van der Waals surface area contributed by atoms with Gasteiger partial charge >= 0.3 is 0 Å². The molecule has 0 saturated heterocycles. The Kier molecular flexibility index (Phi) is 3.18. The van der Waals surface area contributed by atoms with Crippen LogP contribution in [-0.2, 0) is 0 Å². The third-order valence-corrected chi connectivity index (χ3v) is 3.05. The molecule has 4 heteroatoms. The first-order chi connectivity index (χ1) is 7.33. The minimum absolute atomic E-state index is 0.0931. The molecule has 3 nitrogen and oxygen atoms in total. The largest absolute Gasteiger partial charge is 0.328 e. The van der Waals surface area contributed by atoms with Crippen molar-refractivity contribution in [3.63, 3.8) is 0 Å². The zero-order valence-electron chi connectivity index (χ0n) is 8.18. The molecule has 2 rings (SSSR count). The lowest BCUT2D eigenvalue weighted by atomic mass is 10.1. The van der Waals surface area contributed by atoms with Crippen LogP contribution in [0.1, 0.15) is 11.6 Å². The van der Waals surface area contributed by atoms with Crippen molar-refractivity contribution in [3.8, 4) is 0 Å². The van der Waals surface area contributed by atoms with Crippen molar-refractivity contribution in [2.45, 2.75) is 6.04 Å². The van der Waals surface area contributed by atoms with Crippen LogP contribution in [-0.4, -0.2) is 16.3 Å². The Morgan fingerprint density at radius 3 is 2.73 bits per heavy atom. The van der Waals surface area contributed by atoms with E-state index in [1.165, 1.54) is 0 Å². The predicted octanol–water partition coefficient (Wildman–Crippen LogP) is 2.19. The van der Waals surface area contributed by atoms with Crippen LogP contribution in [0.4, 0.5) is 0 Å². The van der Waals surface area contributed by atoms with E-state index in [-0.39, 0.29) is 6.04 Å². The van der Waals surface area contributed by atoms with E-state index in [1.54, 1.807) is 6.20 Å². The number of hydrogen-bond acceptors (Lipinski definition) is 2. The van der Waals surface area contributed by atoms with Crippen LogP contribution in [0.5, 0.6) is 0 Å². The summed E-state index contributed by atoms with van der Waals surface area (Å²) in [4.78, 5) is 0. The summed E-state index contributed by atoms with van der Waals surface area (Å²) in [6.45, 7) is 0.532. The SMILES string of the molecule is NCC(c1ccccc1Br)n1cccn1. The van der Waals surface area contributed by atoms with E-state index in [9.17, 15) is 0 Å². The van der Waals surface area contributed by atoms with Crippen molar-refractivity contribution in [1.82, 2.24) is 9.78 Å². The van der Waals surface area contributed by atoms with Crippen LogP contribution in [0.3, 0.4) is 0 Å². The zero-order valence-corrected chi connectivity index (χ0v) is 9.76. The maximum atomic E-state index is 5.78. The highest BCUT2D eigenvalue weighted by Crippen LogP contribution is 2.24. The molecule has 0 aliphatic rings. The molecule has 2 N–H and O–H groups in total. The maximum Gasteiger partial charge on any atom is 0.0901 e. The molecular weight excluding hydrogens is 254 g/mol. The van der Waals surface area contributed by atoms with Gasteiger partial charge in [0, 0.05) is 23.4 Å². The van der Waals surface area contributed by atoms with Gasteiger partial charge in [-0.2, -0.15) is 5.10 Å². The van der Waals surface area contributed by atoms with Crippen molar-refractivity contribution >= 4 is 15.9 Å². The molecule has 0 saturated carbocycles. The van der Waals surface area contributed by atoms with Crippen LogP contribution in [0.25, 0.3) is 0 Å². The van der Waals surface area contributed by atoms with E-state index in [1.807, 2.05) is 35.1 Å². The van der Waals surface area contributed by atoms with E-state index < -0.39 is 0 Å². The molecule has 1 atom stereocenters. The number of rotatable bonds is 3. The molecule has 0 spiro atoms. The first-order valence-electron chi connectivity index (χ1n) is 4.76. The quantitative estimate of drug-likeness (QED) is 0.925. The summed E-state index contributed by atoms with van der Waals surface area (Å²) in [6.07, 6.45) is 3.69. The number of nitrogens with two attached hydrogens (primary N) is 1. The van der Waals surface area contributed by atoms with E-state index in [0.29, 0.717) is 6.54 Å². The van der Waals surface area contributed by atoms with Gasteiger partial charge < -0.3 is 5.73 Å². The highest BCUT2D eigenvalue weighted by molar-refractivity contribution is 9.10. The molecule has 1 heterocycles. The van der Waals surface area contributed by atoms with Crippen LogP contribution >= 0.6 is 15.9 Å². The predicted molar refractivity (Wildman–Crippen MR) is 63.6 cm³/mol. The van der Waals surface area contributed by atoms with E-state index in [2.05, 4.69) is 27.1 Å². The molecule has 15 heavy (non-hydrogen) atoms. The summed E-state index contributed by atoms with van der Waals surface area (Å²) in [5.41, 5.74) is 6.94. The highest BCUT2D eigenvalue weighted by Gasteiger charge is 2.14. The third kappa shape index (κ3) is 2.11. The number of aromatic nitrogens is 2. The lowest BCUT2D eigenvalue weighted by Crippen LogP contribution is -2.21. The fourth-order valence-electron chi connectivity index (χ4n) is 1.59. The fourth-order valence-corrected chi connectivity index (χ4v) is 2.14. The first-order valence-corrected chi connectivity index (χ1v) is 5.56. The molecule has 2 aromatic rings. The molecule has 1 unspecified atom stereocenters. The van der Waals surface area contributed by atoms with Gasteiger partial charge in [0.2, 0.25) is 0 Å². The van der Waals surface area contributed by atoms with Crippen molar-refractivity contribution in [3.05, 3.63) is 52.8 Å². The van der Waals surface area contributed by atoms with Crippen LogP contribution in [0.2, 0.25) is 0 Å². The second-order valence-corrected chi connectivity index (χ2v) is 4.11. The average molecular weight is 266 g/mol. The van der Waals surface area contributed by atoms with Crippen LogP contribution < -0.4 is 5.73 Å². The van der Waals surface area contributed by atoms with Crippen molar-refractivity contribution in [1.29, 1.82) is 0 Å². The molecule has 0 aliphatic carbocycles. The zero-order chi connectivity index (χ0) is 10.7. The summed E-state index contributed by atoms with van der Waals surface area (Å²) in [5.74, 6) is 0. The molecule has 0 bridgehead atoms. The van der Waals surface area contributed by atoms with Gasteiger partial charge in [-0.1, -0.05) is 34.1 Å². The summed E-state index contributed by atoms with van der Waals surface area (Å²) < 4.78 is 2.94. The first kappa shape index (κ1) is 10.4. The lowest BCUT2D eigenvalue weighted by Gasteiger charge is -2.17. The molecule has 0 amide bonds. The smallest absolute Gasteiger partial charge is 0.0901 e. The van der Waals surface area contributed by atoms with Crippen molar-refractivity contribution in [2.24, 2.45) is 5.73 Å². The summed E-state index contributed by atoms with van der Waals surface area (Å²) in [7, 11) is 0. The van der Waals surface area contributed by atoms with Crippen molar-refractivity contribution < 1.29 is 0 Å². The van der Waals surface area contributed by atoms with Gasteiger partial charge in [-0.3, -0.25) is 4.68 Å². The Bertz CT molecular complexity index is 425. The Morgan fingerprint density at radius 2 is 2.13 bits per heavy atom. The molecule has 1 aromatic heterocycles. The standard InChI is InChI=1S/C11H12BrN3/c12-10-5-2-1-4-9(10)11(8-13)15-7-3-6-14-15/h1-7,11H,8,13H2. The normalized spacial score (nSPS) is 12.7. The van der Waals surface area contributed by atoms with Crippen LogP contribution in [0, 0.1) is 0 Å².